The van der Waals surface area contributed by atoms with Crippen molar-refractivity contribution in [2.24, 2.45) is 56.7 Å². The first kappa shape index (κ1) is 44.6. The molecule has 0 aliphatic heterocycles. The lowest BCUT2D eigenvalue weighted by Gasteiger charge is -2.73. The maximum absolute atomic E-state index is 13.4. The van der Waals surface area contributed by atoms with Gasteiger partial charge in [0.05, 0.1) is 19.4 Å². The quantitative estimate of drug-likeness (QED) is 0.107. The SMILES string of the molecule is C=C(C)C1CC[C@]2(COC(=O)CCC[n+]3ccc(N(C)C)cc3)CC[C@]3(C)C(CCC4[C@@]5(C)CC[C@H](OC(=O)CCC[n+]6ccc(N(C)C)cc6)C(C)(C)C5CC[C@]43C)C12. The van der Waals surface area contributed by atoms with Crippen molar-refractivity contribution in [1.82, 2.24) is 0 Å². The third-order valence-corrected chi connectivity index (χ3v) is 18.3. The number of aryl methyl sites for hydroxylation is 2. The van der Waals surface area contributed by atoms with Crippen LogP contribution in [0.4, 0.5) is 11.4 Å². The van der Waals surface area contributed by atoms with Crippen molar-refractivity contribution in [3.8, 4) is 0 Å². The predicted molar refractivity (Wildman–Crippen MR) is 240 cm³/mol. The summed E-state index contributed by atoms with van der Waals surface area (Å²) in [7, 11) is 8.20. The Kier molecular flexibility index (Phi) is 12.7. The molecule has 0 radical (unpaired) electrons. The molecule has 10 atom stereocenters. The minimum absolute atomic E-state index is 0.0346. The Balaban J connectivity index is 0.990. The third-order valence-electron chi connectivity index (χ3n) is 18.3. The molecule has 60 heavy (non-hydrogen) atoms. The molecule has 5 saturated carbocycles. The number of hydrogen-bond donors (Lipinski definition) is 0. The average Bonchev–Trinajstić information content (AvgIpc) is 3.59. The third kappa shape index (κ3) is 8.04. The summed E-state index contributed by atoms with van der Waals surface area (Å²) in [5.41, 5.74) is 4.31. The maximum atomic E-state index is 13.4. The lowest BCUT2D eigenvalue weighted by Crippen LogP contribution is -2.67. The van der Waals surface area contributed by atoms with Crippen molar-refractivity contribution in [2.45, 2.75) is 151 Å². The Bertz CT molecular complexity index is 1860. The van der Waals surface area contributed by atoms with Gasteiger partial charge in [0, 0.05) is 87.5 Å². The van der Waals surface area contributed by atoms with Crippen LogP contribution in [0.15, 0.2) is 61.2 Å². The zero-order valence-electron chi connectivity index (χ0n) is 39.2. The van der Waals surface area contributed by atoms with Gasteiger partial charge < -0.3 is 19.3 Å². The Morgan fingerprint density at radius 3 is 1.85 bits per heavy atom. The lowest BCUT2D eigenvalue weighted by molar-refractivity contribution is -0.697. The maximum Gasteiger partial charge on any atom is 0.306 e. The number of nitrogens with zero attached hydrogens (tertiary/aromatic N) is 4. The fraction of sp³-hybridized carbons (Fsp3) is 0.731. The van der Waals surface area contributed by atoms with Gasteiger partial charge in [-0.25, -0.2) is 9.13 Å². The van der Waals surface area contributed by atoms with E-state index in [1.165, 1.54) is 55.5 Å². The van der Waals surface area contributed by atoms with Gasteiger partial charge in [0.25, 0.3) is 0 Å². The first-order valence-electron chi connectivity index (χ1n) is 23.7. The molecule has 7 rings (SSSR count). The molecule has 8 nitrogen and oxygen atoms in total. The van der Waals surface area contributed by atoms with E-state index in [-0.39, 0.29) is 45.1 Å². The number of esters is 2. The number of ether oxygens (including phenoxy) is 2. The van der Waals surface area contributed by atoms with Crippen LogP contribution in [-0.2, 0) is 32.2 Å². The van der Waals surface area contributed by atoms with E-state index in [1.54, 1.807) is 0 Å². The van der Waals surface area contributed by atoms with Gasteiger partial charge in [0.15, 0.2) is 24.8 Å². The monoisotopic (exact) mass is 825 g/mol. The van der Waals surface area contributed by atoms with E-state index in [9.17, 15) is 9.59 Å². The first-order chi connectivity index (χ1) is 28.3. The predicted octanol–water partition coefficient (Wildman–Crippen LogP) is 9.77. The lowest BCUT2D eigenvalue weighted by atomic mass is 9.32. The highest BCUT2D eigenvalue weighted by atomic mass is 16.5. The Morgan fingerprint density at radius 2 is 1.28 bits per heavy atom. The van der Waals surface area contributed by atoms with Crippen LogP contribution in [0.2, 0.25) is 0 Å². The largest absolute Gasteiger partial charge is 0.465 e. The molecule has 5 aliphatic carbocycles. The van der Waals surface area contributed by atoms with Gasteiger partial charge in [-0.2, -0.15) is 0 Å². The van der Waals surface area contributed by atoms with Crippen molar-refractivity contribution in [2.75, 3.05) is 44.6 Å². The number of anilines is 2. The van der Waals surface area contributed by atoms with E-state index in [4.69, 9.17) is 9.47 Å². The summed E-state index contributed by atoms with van der Waals surface area (Å²) in [4.78, 5) is 30.9. The molecule has 0 amide bonds. The van der Waals surface area contributed by atoms with E-state index in [0.717, 1.165) is 51.6 Å². The van der Waals surface area contributed by atoms with Crippen LogP contribution in [-0.4, -0.2) is 52.8 Å². The second kappa shape index (κ2) is 17.0. The van der Waals surface area contributed by atoms with E-state index in [1.807, 2.05) is 0 Å². The highest BCUT2D eigenvalue weighted by Gasteiger charge is 2.71. The van der Waals surface area contributed by atoms with E-state index >= 15 is 0 Å². The van der Waals surface area contributed by atoms with Gasteiger partial charge in [0.2, 0.25) is 0 Å². The number of carbonyl (C=O) groups excluding carboxylic acids is 2. The van der Waals surface area contributed by atoms with Crippen LogP contribution < -0.4 is 18.9 Å². The molecule has 2 heterocycles. The normalized spacial score (nSPS) is 35.2. The van der Waals surface area contributed by atoms with E-state index in [2.05, 4.69) is 144 Å². The highest BCUT2D eigenvalue weighted by Crippen LogP contribution is 2.77. The van der Waals surface area contributed by atoms with E-state index in [0.29, 0.717) is 49.0 Å². The smallest absolute Gasteiger partial charge is 0.306 e. The number of aromatic nitrogens is 2. The average molecular weight is 825 g/mol. The zero-order valence-corrected chi connectivity index (χ0v) is 39.2. The summed E-state index contributed by atoms with van der Waals surface area (Å²) >= 11 is 0. The van der Waals surface area contributed by atoms with Crippen LogP contribution >= 0.6 is 0 Å². The molecule has 330 valence electrons. The number of allylic oxidation sites excluding steroid dienone is 1. The molecule has 8 heteroatoms. The molecule has 2 aromatic rings. The first-order valence-corrected chi connectivity index (χ1v) is 23.7. The van der Waals surface area contributed by atoms with Crippen LogP contribution in [0.1, 0.15) is 131 Å². The molecule has 0 spiro atoms. The van der Waals surface area contributed by atoms with Crippen molar-refractivity contribution in [3.05, 3.63) is 61.2 Å². The number of fused-ring (bicyclic) bond motifs is 7. The van der Waals surface area contributed by atoms with Crippen LogP contribution in [0, 0.1) is 56.7 Å². The summed E-state index contributed by atoms with van der Waals surface area (Å²) in [5, 5.41) is 0. The van der Waals surface area contributed by atoms with Gasteiger partial charge in [-0.15, -0.1) is 0 Å². The minimum Gasteiger partial charge on any atom is -0.465 e. The number of hydrogen-bond acceptors (Lipinski definition) is 6. The minimum atomic E-state index is -0.0734. The summed E-state index contributed by atoms with van der Waals surface area (Å²) in [6, 6.07) is 8.47. The van der Waals surface area contributed by atoms with E-state index < -0.39 is 0 Å². The van der Waals surface area contributed by atoms with Gasteiger partial charge in [-0.1, -0.05) is 46.8 Å². The van der Waals surface area contributed by atoms with Gasteiger partial charge in [0.1, 0.15) is 19.2 Å². The van der Waals surface area contributed by atoms with Crippen molar-refractivity contribution < 1.29 is 28.2 Å². The molecule has 0 N–H and O–H groups in total. The molecule has 0 aromatic carbocycles. The Morgan fingerprint density at radius 1 is 0.700 bits per heavy atom. The fourth-order valence-corrected chi connectivity index (χ4v) is 14.8. The molecule has 5 unspecified atom stereocenters. The molecular weight excluding hydrogens is 745 g/mol. The fourth-order valence-electron chi connectivity index (χ4n) is 14.8. The van der Waals surface area contributed by atoms with Crippen LogP contribution in [0.25, 0.3) is 0 Å². The molecule has 0 bridgehead atoms. The topological polar surface area (TPSA) is 66.8 Å². The Labute approximate surface area is 363 Å². The zero-order chi connectivity index (χ0) is 43.3. The molecule has 5 fully saturated rings. The van der Waals surface area contributed by atoms with Gasteiger partial charge in [-0.05, 0) is 117 Å². The molecule has 0 saturated heterocycles. The molecule has 5 aliphatic rings. The van der Waals surface area contributed by atoms with Crippen LogP contribution in [0.3, 0.4) is 0 Å². The van der Waals surface area contributed by atoms with Crippen molar-refractivity contribution >= 4 is 23.3 Å². The van der Waals surface area contributed by atoms with Gasteiger partial charge >= 0.3 is 11.9 Å². The molecular formula is C52H80N4O4+2. The molecule has 2 aromatic heterocycles. The second-order valence-corrected chi connectivity index (χ2v) is 22.1. The summed E-state index contributed by atoms with van der Waals surface area (Å²) < 4.78 is 17.1. The second-order valence-electron chi connectivity index (χ2n) is 22.1. The number of carbonyl (C=O) groups is 2. The van der Waals surface area contributed by atoms with Crippen molar-refractivity contribution in [3.63, 3.8) is 0 Å². The van der Waals surface area contributed by atoms with Crippen LogP contribution in [0.5, 0.6) is 0 Å². The summed E-state index contributed by atoms with van der Waals surface area (Å²) in [6.07, 6.45) is 22.5. The standard InChI is InChI=1S/C52H80N4O4/c1-37(2)40-18-27-52(36-59-45(57)14-12-30-55-32-21-38(22-33-55)53(8)9)29-28-50(6)41(47(40)52)16-17-43-49(5)25-20-44(48(3,4)42(49)19-26-51(43,50)7)60-46(58)15-13-31-56-34-23-39(24-35-56)54(10)11/h21-24,32-35,40-44,47H,1,12-20,25-31,36H2,2-11H3/q+2/t40?,41?,42?,43?,44-,47?,49-,50+,51+,52+/m0/s1. The number of pyridine rings is 2. The Hall–Kier alpha value is -3.42. The van der Waals surface area contributed by atoms with Crippen molar-refractivity contribution in [1.29, 1.82) is 0 Å². The highest BCUT2D eigenvalue weighted by molar-refractivity contribution is 5.69. The number of rotatable bonds is 14. The van der Waals surface area contributed by atoms with Gasteiger partial charge in [-0.3, -0.25) is 9.59 Å². The summed E-state index contributed by atoms with van der Waals surface area (Å²) in [6.45, 7) is 21.9. The summed E-state index contributed by atoms with van der Waals surface area (Å²) in [5.74, 6) is 2.69.